The molecule has 0 heterocycles. The van der Waals surface area contributed by atoms with Gasteiger partial charge in [0.25, 0.3) is 0 Å². The third-order valence-corrected chi connectivity index (χ3v) is 1.54. The van der Waals surface area contributed by atoms with Crippen molar-refractivity contribution >= 4 is 11.6 Å². The van der Waals surface area contributed by atoms with Gasteiger partial charge in [0, 0.05) is 5.02 Å². The molecule has 1 aromatic carbocycles. The van der Waals surface area contributed by atoms with Crippen molar-refractivity contribution in [3.63, 3.8) is 0 Å². The molecule has 0 aliphatic rings. The van der Waals surface area contributed by atoms with E-state index in [0.717, 1.165) is 5.75 Å². The molecule has 2 N–H and O–H groups in total. The highest BCUT2D eigenvalue weighted by molar-refractivity contribution is 6.30. The first kappa shape index (κ1) is 9.32. The van der Waals surface area contributed by atoms with E-state index in [1.54, 1.807) is 24.3 Å². The minimum atomic E-state index is 0.378. The van der Waals surface area contributed by atoms with Gasteiger partial charge in [-0.3, -0.25) is 0 Å². The van der Waals surface area contributed by atoms with Crippen LogP contribution >= 0.6 is 11.6 Å². The Hall–Kier alpha value is -0.770. The second-order valence-corrected chi connectivity index (χ2v) is 2.61. The summed E-state index contributed by atoms with van der Waals surface area (Å²) in [4.78, 5) is 4.34. The van der Waals surface area contributed by atoms with Gasteiger partial charge in [0.05, 0.1) is 0 Å². The minimum absolute atomic E-state index is 0.378. The van der Waals surface area contributed by atoms with E-state index in [9.17, 15) is 0 Å². The van der Waals surface area contributed by atoms with Crippen LogP contribution in [0.4, 0.5) is 0 Å². The summed E-state index contributed by atoms with van der Waals surface area (Å²) >= 11 is 5.67. The van der Waals surface area contributed by atoms with Gasteiger partial charge in [-0.15, -0.1) is 0 Å². The van der Waals surface area contributed by atoms with Crippen LogP contribution in [0.5, 0.6) is 5.75 Å². The van der Waals surface area contributed by atoms with Crippen molar-refractivity contribution in [1.29, 1.82) is 0 Å². The topological polar surface area (TPSA) is 44.5 Å². The van der Waals surface area contributed by atoms with Crippen LogP contribution in [0.1, 0.15) is 0 Å². The van der Waals surface area contributed by atoms with Gasteiger partial charge >= 0.3 is 0 Å². The molecule has 3 nitrogen and oxygen atoms in total. The van der Waals surface area contributed by atoms with Crippen LogP contribution in [0.2, 0.25) is 5.02 Å². The largest absolute Gasteiger partial charge is 0.491 e. The summed E-state index contributed by atoms with van der Waals surface area (Å²) in [5.41, 5.74) is 0. The molecule has 0 aliphatic carbocycles. The molecule has 0 radical (unpaired) electrons. The molecule has 4 heteroatoms. The molecule has 0 fully saturated rings. The standard InChI is InChI=1S/C8H10ClNO2/c9-7-1-3-8(4-2-7)11-5-6-12-10/h1-4H,5-6,10H2. The molecule has 1 rings (SSSR count). The van der Waals surface area contributed by atoms with Crippen LogP contribution in [0, 0.1) is 0 Å². The van der Waals surface area contributed by atoms with Crippen LogP contribution < -0.4 is 10.6 Å². The predicted molar refractivity (Wildman–Crippen MR) is 47.1 cm³/mol. The number of ether oxygens (including phenoxy) is 1. The smallest absolute Gasteiger partial charge is 0.119 e. The fraction of sp³-hybridized carbons (Fsp3) is 0.250. The number of hydrogen-bond donors (Lipinski definition) is 1. The summed E-state index contributed by atoms with van der Waals surface area (Å²) in [6.07, 6.45) is 0. The van der Waals surface area contributed by atoms with Gasteiger partial charge in [0.15, 0.2) is 0 Å². The van der Waals surface area contributed by atoms with Gasteiger partial charge < -0.3 is 9.57 Å². The first-order valence-electron chi connectivity index (χ1n) is 3.53. The van der Waals surface area contributed by atoms with Crippen molar-refractivity contribution in [2.45, 2.75) is 0 Å². The van der Waals surface area contributed by atoms with E-state index in [0.29, 0.717) is 18.2 Å². The van der Waals surface area contributed by atoms with Crippen LogP contribution in [-0.2, 0) is 4.84 Å². The van der Waals surface area contributed by atoms with Gasteiger partial charge in [-0.2, -0.15) is 0 Å². The third-order valence-electron chi connectivity index (χ3n) is 1.28. The molecular formula is C8H10ClNO2. The van der Waals surface area contributed by atoms with Crippen LogP contribution in [0.3, 0.4) is 0 Å². The maximum atomic E-state index is 5.67. The molecule has 0 spiro atoms. The van der Waals surface area contributed by atoms with Gasteiger partial charge in [-0.1, -0.05) is 11.6 Å². The molecule has 0 saturated heterocycles. The molecule has 0 amide bonds. The lowest BCUT2D eigenvalue weighted by Gasteiger charge is -2.03. The number of rotatable bonds is 4. The zero-order chi connectivity index (χ0) is 8.81. The summed E-state index contributed by atoms with van der Waals surface area (Å²) < 4.78 is 5.24. The molecule has 0 saturated carbocycles. The minimum Gasteiger partial charge on any atom is -0.491 e. The lowest BCUT2D eigenvalue weighted by molar-refractivity contribution is 0.102. The summed E-state index contributed by atoms with van der Waals surface area (Å²) in [5, 5.41) is 0.692. The average molecular weight is 188 g/mol. The monoisotopic (exact) mass is 187 g/mol. The highest BCUT2D eigenvalue weighted by Gasteiger charge is 1.92. The van der Waals surface area contributed by atoms with Crippen LogP contribution in [-0.4, -0.2) is 13.2 Å². The highest BCUT2D eigenvalue weighted by Crippen LogP contribution is 2.14. The first-order chi connectivity index (χ1) is 5.83. The molecule has 1 aromatic rings. The second-order valence-electron chi connectivity index (χ2n) is 2.17. The third kappa shape index (κ3) is 3.09. The van der Waals surface area contributed by atoms with Gasteiger partial charge in [-0.05, 0) is 24.3 Å². The van der Waals surface area contributed by atoms with E-state index in [1.165, 1.54) is 0 Å². The molecule has 12 heavy (non-hydrogen) atoms. The van der Waals surface area contributed by atoms with Crippen LogP contribution in [0.25, 0.3) is 0 Å². The summed E-state index contributed by atoms with van der Waals surface area (Å²) in [6, 6.07) is 7.11. The SMILES string of the molecule is NOCCOc1ccc(Cl)cc1. The fourth-order valence-corrected chi connectivity index (χ4v) is 0.864. The van der Waals surface area contributed by atoms with E-state index in [1.807, 2.05) is 0 Å². The van der Waals surface area contributed by atoms with Crippen molar-refractivity contribution in [3.8, 4) is 5.75 Å². The lowest BCUT2D eigenvalue weighted by atomic mass is 10.3. The molecule has 66 valence electrons. The van der Waals surface area contributed by atoms with Crippen molar-refractivity contribution in [2.75, 3.05) is 13.2 Å². The molecule has 0 aliphatic heterocycles. The zero-order valence-corrected chi connectivity index (χ0v) is 7.25. The Bertz CT molecular complexity index is 225. The maximum Gasteiger partial charge on any atom is 0.119 e. The Labute approximate surface area is 76.0 Å². The lowest BCUT2D eigenvalue weighted by Crippen LogP contribution is -2.09. The van der Waals surface area contributed by atoms with Gasteiger partial charge in [0.1, 0.15) is 19.0 Å². The Balaban J connectivity index is 2.37. The summed E-state index contributed by atoms with van der Waals surface area (Å²) in [7, 11) is 0. The number of halogens is 1. The number of hydrogen-bond acceptors (Lipinski definition) is 3. The molecular weight excluding hydrogens is 178 g/mol. The Morgan fingerprint density at radius 2 is 1.83 bits per heavy atom. The summed E-state index contributed by atoms with van der Waals surface area (Å²) in [6.45, 7) is 0.820. The zero-order valence-electron chi connectivity index (χ0n) is 6.50. The average Bonchev–Trinajstić information content (AvgIpc) is 2.09. The highest BCUT2D eigenvalue weighted by atomic mass is 35.5. The van der Waals surface area contributed by atoms with E-state index in [-0.39, 0.29) is 0 Å². The van der Waals surface area contributed by atoms with E-state index >= 15 is 0 Å². The maximum absolute atomic E-state index is 5.67. The quantitative estimate of drug-likeness (QED) is 0.576. The van der Waals surface area contributed by atoms with Gasteiger partial charge in [-0.25, -0.2) is 5.90 Å². The van der Waals surface area contributed by atoms with E-state index in [4.69, 9.17) is 22.2 Å². The van der Waals surface area contributed by atoms with Crippen LogP contribution in [0.15, 0.2) is 24.3 Å². The van der Waals surface area contributed by atoms with E-state index in [2.05, 4.69) is 4.84 Å². The summed E-state index contributed by atoms with van der Waals surface area (Å²) in [5.74, 6) is 5.58. The normalized spacial score (nSPS) is 9.83. The first-order valence-corrected chi connectivity index (χ1v) is 3.91. The fourth-order valence-electron chi connectivity index (χ4n) is 0.738. The Kier molecular flexibility index (Phi) is 3.87. The van der Waals surface area contributed by atoms with Crippen molar-refractivity contribution < 1.29 is 9.57 Å². The van der Waals surface area contributed by atoms with Gasteiger partial charge in [0.2, 0.25) is 0 Å². The Morgan fingerprint density at radius 1 is 1.17 bits per heavy atom. The number of benzene rings is 1. The van der Waals surface area contributed by atoms with E-state index < -0.39 is 0 Å². The molecule has 0 atom stereocenters. The Morgan fingerprint density at radius 3 is 2.42 bits per heavy atom. The molecule has 0 bridgehead atoms. The van der Waals surface area contributed by atoms with Crippen molar-refractivity contribution in [1.82, 2.24) is 0 Å². The molecule has 0 aromatic heterocycles. The van der Waals surface area contributed by atoms with Crippen molar-refractivity contribution in [2.24, 2.45) is 5.90 Å². The predicted octanol–water partition coefficient (Wildman–Crippen LogP) is 1.61. The molecule has 0 unspecified atom stereocenters. The number of nitrogens with two attached hydrogens (primary N) is 1. The van der Waals surface area contributed by atoms with Crippen molar-refractivity contribution in [3.05, 3.63) is 29.3 Å². The second kappa shape index (κ2) is 4.98.